The summed E-state index contributed by atoms with van der Waals surface area (Å²) in [6.45, 7) is 1.09. The number of nitrogens with zero attached hydrogens (tertiary/aromatic N) is 2. The van der Waals surface area contributed by atoms with Gasteiger partial charge in [0, 0.05) is 29.2 Å². The number of thiocarbonyl (C=S) groups is 1. The Labute approximate surface area is 129 Å². The molecule has 21 heavy (non-hydrogen) atoms. The lowest BCUT2D eigenvalue weighted by Crippen LogP contribution is -2.37. The van der Waals surface area contributed by atoms with E-state index in [-0.39, 0.29) is 0 Å². The first-order valence-electron chi connectivity index (χ1n) is 7.15. The van der Waals surface area contributed by atoms with Gasteiger partial charge in [-0.25, -0.2) is 5.84 Å². The molecule has 1 aliphatic rings. The molecule has 0 radical (unpaired) electrons. The number of hydrogen-bond donors (Lipinski definition) is 3. The van der Waals surface area contributed by atoms with Crippen LogP contribution in [0.1, 0.15) is 24.8 Å². The minimum Gasteiger partial charge on any atom is -0.347 e. The van der Waals surface area contributed by atoms with Crippen LogP contribution >= 0.6 is 12.2 Å². The summed E-state index contributed by atoms with van der Waals surface area (Å²) >= 11 is 4.89. The van der Waals surface area contributed by atoms with Crippen molar-refractivity contribution in [3.63, 3.8) is 0 Å². The maximum atomic E-state index is 5.19. The summed E-state index contributed by atoms with van der Waals surface area (Å²) in [4.78, 5) is 0. The van der Waals surface area contributed by atoms with Crippen LogP contribution in [0.4, 0.5) is 0 Å². The summed E-state index contributed by atoms with van der Waals surface area (Å²) in [7, 11) is 0. The zero-order chi connectivity index (χ0) is 14.7. The fraction of sp³-hybridized carbons (Fsp3) is 0.333. The maximum Gasteiger partial charge on any atom is 0.201 e. The first-order chi connectivity index (χ1) is 10.3. The summed E-state index contributed by atoms with van der Waals surface area (Å²) in [6, 6.07) is 8.40. The van der Waals surface area contributed by atoms with Gasteiger partial charge in [0.15, 0.2) is 0 Å². The second-order valence-electron chi connectivity index (χ2n) is 5.39. The van der Waals surface area contributed by atoms with Crippen LogP contribution in [0.25, 0.3) is 10.9 Å². The van der Waals surface area contributed by atoms with Crippen molar-refractivity contribution in [2.45, 2.75) is 25.8 Å². The molecule has 2 aromatic rings. The number of para-hydroxylation sites is 1. The average molecular weight is 301 g/mol. The molecule has 3 rings (SSSR count). The Morgan fingerprint density at radius 3 is 2.95 bits per heavy atom. The molecule has 0 bridgehead atoms. The molecule has 110 valence electrons. The van der Waals surface area contributed by atoms with Gasteiger partial charge in [0.05, 0.1) is 6.21 Å². The Morgan fingerprint density at radius 1 is 1.43 bits per heavy atom. The first-order valence-corrected chi connectivity index (χ1v) is 7.56. The Kier molecular flexibility index (Phi) is 4.17. The number of nitrogens with two attached hydrogens (primary N) is 1. The summed E-state index contributed by atoms with van der Waals surface area (Å²) in [5.41, 5.74) is 7.35. The molecule has 0 aliphatic heterocycles. The monoisotopic (exact) mass is 301 g/mol. The van der Waals surface area contributed by atoms with Crippen molar-refractivity contribution in [3.8, 4) is 0 Å². The number of benzene rings is 1. The zero-order valence-corrected chi connectivity index (χ0v) is 12.6. The van der Waals surface area contributed by atoms with Crippen molar-refractivity contribution in [2.75, 3.05) is 0 Å². The molecule has 0 atom stereocenters. The van der Waals surface area contributed by atoms with Gasteiger partial charge in [-0.1, -0.05) is 24.6 Å². The van der Waals surface area contributed by atoms with Crippen LogP contribution in [0.3, 0.4) is 0 Å². The topological polar surface area (TPSA) is 67.4 Å². The van der Waals surface area contributed by atoms with Crippen molar-refractivity contribution < 1.29 is 0 Å². The third-order valence-corrected chi connectivity index (χ3v) is 4.21. The van der Waals surface area contributed by atoms with Gasteiger partial charge in [-0.2, -0.15) is 5.10 Å². The largest absolute Gasteiger partial charge is 0.347 e. The molecule has 0 spiro atoms. The van der Waals surface area contributed by atoms with Gasteiger partial charge in [-0.15, -0.1) is 0 Å². The summed E-state index contributed by atoms with van der Waals surface area (Å²) in [5.74, 6) is 6.01. The molecule has 1 aromatic carbocycles. The molecule has 5 nitrogen and oxygen atoms in total. The molecule has 6 heteroatoms. The molecular formula is C15H19N5S. The minimum atomic E-state index is 0.296. The summed E-state index contributed by atoms with van der Waals surface area (Å²) in [5, 5.41) is 5.62. The molecule has 1 heterocycles. The lowest BCUT2D eigenvalue weighted by atomic mass is 9.85. The molecular weight excluding hydrogens is 282 g/mol. The predicted molar refractivity (Wildman–Crippen MR) is 89.9 cm³/mol. The van der Waals surface area contributed by atoms with Gasteiger partial charge in [0.1, 0.15) is 0 Å². The van der Waals surface area contributed by atoms with E-state index in [9.17, 15) is 0 Å². The smallest absolute Gasteiger partial charge is 0.201 e. The highest BCUT2D eigenvalue weighted by Crippen LogP contribution is 2.30. The second kappa shape index (κ2) is 6.24. The molecule has 1 saturated carbocycles. The van der Waals surface area contributed by atoms with Crippen molar-refractivity contribution in [1.82, 2.24) is 15.4 Å². The number of fused-ring (bicyclic) bond motifs is 1. The van der Waals surface area contributed by atoms with Gasteiger partial charge in [0.25, 0.3) is 0 Å². The molecule has 4 N–H and O–H groups in total. The maximum absolute atomic E-state index is 5.19. The third kappa shape index (κ3) is 3.06. The van der Waals surface area contributed by atoms with E-state index < -0.39 is 0 Å². The Hall–Kier alpha value is -1.92. The molecule has 1 aliphatic carbocycles. The first kappa shape index (κ1) is 14.0. The van der Waals surface area contributed by atoms with Gasteiger partial charge >= 0.3 is 0 Å². The SMILES string of the molecule is NNC(=S)N/N=C/c1cn(CC2CCC2)c2ccccc12. The molecule has 0 amide bonds. The van der Waals surface area contributed by atoms with E-state index in [4.69, 9.17) is 18.1 Å². The van der Waals surface area contributed by atoms with Crippen LogP contribution in [0.2, 0.25) is 0 Å². The molecule has 0 saturated heterocycles. The van der Waals surface area contributed by atoms with Crippen molar-refractivity contribution in [1.29, 1.82) is 0 Å². The highest BCUT2D eigenvalue weighted by Gasteiger charge is 2.19. The standard InChI is InChI=1S/C15H19N5S/c16-18-15(21)19-17-8-12-10-20(9-11-4-3-5-11)14-7-2-1-6-13(12)14/h1-2,6-8,10-11H,3-5,9,16H2,(H2,18,19,21)/b17-8+. The van der Waals surface area contributed by atoms with Crippen LogP contribution in [-0.2, 0) is 6.54 Å². The summed E-state index contributed by atoms with van der Waals surface area (Å²) < 4.78 is 2.33. The average Bonchev–Trinajstić information content (AvgIpc) is 2.81. The highest BCUT2D eigenvalue weighted by atomic mass is 32.1. The number of rotatable bonds is 4. The number of aromatic nitrogens is 1. The van der Waals surface area contributed by atoms with E-state index in [2.05, 4.69) is 44.9 Å². The van der Waals surface area contributed by atoms with Crippen LogP contribution < -0.4 is 16.7 Å². The number of hydrazone groups is 1. The van der Waals surface area contributed by atoms with Crippen LogP contribution in [0, 0.1) is 5.92 Å². The van der Waals surface area contributed by atoms with E-state index in [0.717, 1.165) is 18.0 Å². The van der Waals surface area contributed by atoms with E-state index in [0.29, 0.717) is 5.11 Å². The van der Waals surface area contributed by atoms with Crippen molar-refractivity contribution >= 4 is 34.4 Å². The summed E-state index contributed by atoms with van der Waals surface area (Å²) in [6.07, 6.45) is 7.99. The van der Waals surface area contributed by atoms with E-state index in [1.807, 2.05) is 6.07 Å². The predicted octanol–water partition coefficient (Wildman–Crippen LogP) is 2.11. The Bertz CT molecular complexity index is 672. The van der Waals surface area contributed by atoms with E-state index in [1.54, 1.807) is 6.21 Å². The van der Waals surface area contributed by atoms with Crippen molar-refractivity contribution in [2.24, 2.45) is 16.9 Å². The Morgan fingerprint density at radius 2 is 2.24 bits per heavy atom. The molecule has 0 unspecified atom stereocenters. The number of hydrazine groups is 1. The fourth-order valence-corrected chi connectivity index (χ4v) is 2.73. The number of hydrogen-bond acceptors (Lipinski definition) is 3. The van der Waals surface area contributed by atoms with Gasteiger partial charge < -0.3 is 4.57 Å². The van der Waals surface area contributed by atoms with E-state index in [1.165, 1.54) is 30.2 Å². The minimum absolute atomic E-state index is 0.296. The van der Waals surface area contributed by atoms with Gasteiger partial charge in [-0.3, -0.25) is 10.9 Å². The van der Waals surface area contributed by atoms with Crippen molar-refractivity contribution in [3.05, 3.63) is 36.0 Å². The number of nitrogens with one attached hydrogen (secondary N) is 2. The fourth-order valence-electron chi connectivity index (χ4n) is 2.68. The normalized spacial score (nSPS) is 15.3. The second-order valence-corrected chi connectivity index (χ2v) is 5.80. The van der Waals surface area contributed by atoms with Crippen LogP contribution in [0.5, 0.6) is 0 Å². The zero-order valence-electron chi connectivity index (χ0n) is 11.7. The van der Waals surface area contributed by atoms with E-state index >= 15 is 0 Å². The van der Waals surface area contributed by atoms with Gasteiger partial charge in [-0.05, 0) is 37.0 Å². The lowest BCUT2D eigenvalue weighted by Gasteiger charge is -2.26. The van der Waals surface area contributed by atoms with Gasteiger partial charge in [0.2, 0.25) is 5.11 Å². The van der Waals surface area contributed by atoms with Crippen LogP contribution in [-0.4, -0.2) is 15.9 Å². The van der Waals surface area contributed by atoms with Crippen LogP contribution in [0.15, 0.2) is 35.6 Å². The quantitative estimate of drug-likeness (QED) is 0.350. The third-order valence-electron chi connectivity index (χ3n) is 4.00. The molecule has 1 fully saturated rings. The highest BCUT2D eigenvalue weighted by molar-refractivity contribution is 7.80. The Balaban J connectivity index is 1.85. The molecule has 1 aromatic heterocycles. The lowest BCUT2D eigenvalue weighted by molar-refractivity contribution is 0.280.